The molecule has 2 aromatic carbocycles. The van der Waals surface area contributed by atoms with E-state index in [4.69, 9.17) is 4.74 Å². The van der Waals surface area contributed by atoms with Gasteiger partial charge < -0.3 is 4.74 Å². The summed E-state index contributed by atoms with van der Waals surface area (Å²) in [5, 5.41) is 0.777. The molecule has 4 aromatic rings. The largest absolute Gasteiger partial charge is 0.451 e. The van der Waals surface area contributed by atoms with Gasteiger partial charge in [0, 0.05) is 18.1 Å². The summed E-state index contributed by atoms with van der Waals surface area (Å²) in [7, 11) is 0. The Bertz CT molecular complexity index is 1200. The van der Waals surface area contributed by atoms with Crippen LogP contribution in [0.5, 0.6) is 0 Å². The molecule has 0 aliphatic heterocycles. The fourth-order valence-electron chi connectivity index (χ4n) is 3.26. The second kappa shape index (κ2) is 8.27. The van der Waals surface area contributed by atoms with Crippen LogP contribution in [0.4, 0.5) is 8.78 Å². The summed E-state index contributed by atoms with van der Waals surface area (Å²) in [6.45, 7) is -1.27. The number of nitrogens with zero attached hydrogens (tertiary/aromatic N) is 4. The van der Waals surface area contributed by atoms with Crippen LogP contribution in [-0.2, 0) is 4.74 Å². The second-order valence-electron chi connectivity index (χ2n) is 6.49. The SMILES string of the molecule is CSc1nccn1-c1cccc(C(=O)OC(C)c2nc3ccccc3n2C(F)F)c1. The number of thioether (sulfide) groups is 1. The van der Waals surface area contributed by atoms with Gasteiger partial charge in [0.25, 0.3) is 0 Å². The summed E-state index contributed by atoms with van der Waals surface area (Å²) < 4.78 is 35.5. The zero-order chi connectivity index (χ0) is 21.3. The Balaban J connectivity index is 1.61. The van der Waals surface area contributed by atoms with Gasteiger partial charge in [-0.25, -0.2) is 14.8 Å². The van der Waals surface area contributed by atoms with Gasteiger partial charge in [-0.1, -0.05) is 30.0 Å². The maximum atomic E-state index is 13.7. The quantitative estimate of drug-likeness (QED) is 0.310. The van der Waals surface area contributed by atoms with Gasteiger partial charge in [0.15, 0.2) is 17.1 Å². The minimum Gasteiger partial charge on any atom is -0.451 e. The number of halogens is 2. The molecule has 1 unspecified atom stereocenters. The molecule has 2 aromatic heterocycles. The van der Waals surface area contributed by atoms with Crippen LogP contribution >= 0.6 is 11.8 Å². The van der Waals surface area contributed by atoms with Crippen LogP contribution in [0.1, 0.15) is 35.8 Å². The molecule has 0 amide bonds. The first-order valence-corrected chi connectivity index (χ1v) is 10.4. The molecular weight excluding hydrogens is 410 g/mol. The highest BCUT2D eigenvalue weighted by Crippen LogP contribution is 2.29. The molecule has 0 saturated heterocycles. The summed E-state index contributed by atoms with van der Waals surface area (Å²) in [5.74, 6) is -0.627. The number of hydrogen-bond donors (Lipinski definition) is 0. The van der Waals surface area contributed by atoms with Crippen LogP contribution < -0.4 is 0 Å². The number of esters is 1. The monoisotopic (exact) mass is 428 g/mol. The number of carbonyl (C=O) groups excluding carboxylic acids is 1. The number of para-hydroxylation sites is 2. The number of ether oxygens (including phenoxy) is 1. The number of hydrogen-bond acceptors (Lipinski definition) is 5. The van der Waals surface area contributed by atoms with Gasteiger partial charge in [-0.2, -0.15) is 8.78 Å². The molecule has 0 radical (unpaired) electrons. The summed E-state index contributed by atoms with van der Waals surface area (Å²) in [6.07, 6.45) is 4.42. The zero-order valence-electron chi connectivity index (χ0n) is 16.2. The van der Waals surface area contributed by atoms with Gasteiger partial charge in [0.2, 0.25) is 0 Å². The number of aromatic nitrogens is 4. The van der Waals surface area contributed by atoms with Crippen molar-refractivity contribution in [1.29, 1.82) is 0 Å². The molecule has 0 saturated carbocycles. The lowest BCUT2D eigenvalue weighted by molar-refractivity contribution is 0.0233. The molecule has 6 nitrogen and oxygen atoms in total. The van der Waals surface area contributed by atoms with E-state index >= 15 is 0 Å². The Hall–Kier alpha value is -3.20. The normalized spacial score (nSPS) is 12.4. The number of imidazole rings is 2. The Kier molecular flexibility index (Phi) is 5.54. The lowest BCUT2D eigenvalue weighted by atomic mass is 10.2. The smallest absolute Gasteiger partial charge is 0.338 e. The van der Waals surface area contributed by atoms with Gasteiger partial charge in [-0.05, 0) is 43.5 Å². The Morgan fingerprint density at radius 3 is 2.73 bits per heavy atom. The van der Waals surface area contributed by atoms with Crippen molar-refractivity contribution in [1.82, 2.24) is 19.1 Å². The van der Waals surface area contributed by atoms with E-state index < -0.39 is 18.6 Å². The molecule has 0 fully saturated rings. The van der Waals surface area contributed by atoms with E-state index in [0.29, 0.717) is 11.1 Å². The molecule has 30 heavy (non-hydrogen) atoms. The van der Waals surface area contributed by atoms with Gasteiger partial charge in [0.05, 0.1) is 16.6 Å². The molecule has 0 bridgehead atoms. The predicted molar refractivity (Wildman–Crippen MR) is 110 cm³/mol. The van der Waals surface area contributed by atoms with Crippen LogP contribution in [0.15, 0.2) is 66.1 Å². The highest BCUT2D eigenvalue weighted by atomic mass is 32.2. The van der Waals surface area contributed by atoms with Crippen molar-refractivity contribution in [3.8, 4) is 5.69 Å². The number of carbonyl (C=O) groups is 1. The fourth-order valence-corrected chi connectivity index (χ4v) is 3.79. The average molecular weight is 428 g/mol. The first kappa shape index (κ1) is 20.1. The minimum atomic E-state index is -2.80. The van der Waals surface area contributed by atoms with Gasteiger partial charge in [-0.15, -0.1) is 0 Å². The predicted octanol–water partition coefficient (Wildman–Crippen LogP) is 5.26. The van der Waals surface area contributed by atoms with Crippen LogP contribution in [0.2, 0.25) is 0 Å². The number of rotatable bonds is 6. The highest BCUT2D eigenvalue weighted by Gasteiger charge is 2.24. The number of alkyl halides is 2. The summed E-state index contributed by atoms with van der Waals surface area (Å²) >= 11 is 1.48. The van der Waals surface area contributed by atoms with Crippen molar-refractivity contribution in [2.75, 3.05) is 6.26 Å². The first-order valence-electron chi connectivity index (χ1n) is 9.13. The second-order valence-corrected chi connectivity index (χ2v) is 7.26. The fraction of sp³-hybridized carbons (Fsp3) is 0.190. The van der Waals surface area contributed by atoms with Crippen LogP contribution in [0.25, 0.3) is 16.7 Å². The molecule has 0 aliphatic carbocycles. The molecule has 154 valence electrons. The van der Waals surface area contributed by atoms with Crippen LogP contribution in [0, 0.1) is 0 Å². The van der Waals surface area contributed by atoms with E-state index in [0.717, 1.165) is 15.4 Å². The molecule has 1 atom stereocenters. The zero-order valence-corrected chi connectivity index (χ0v) is 17.0. The molecule has 2 heterocycles. The Morgan fingerprint density at radius 2 is 1.97 bits per heavy atom. The first-order chi connectivity index (χ1) is 14.5. The maximum Gasteiger partial charge on any atom is 0.338 e. The third kappa shape index (κ3) is 3.68. The van der Waals surface area contributed by atoms with E-state index in [2.05, 4.69) is 9.97 Å². The molecule has 4 rings (SSSR count). The molecule has 0 aliphatic rings. The topological polar surface area (TPSA) is 61.9 Å². The van der Waals surface area contributed by atoms with E-state index in [-0.39, 0.29) is 11.3 Å². The van der Waals surface area contributed by atoms with Crippen molar-refractivity contribution in [3.05, 3.63) is 72.3 Å². The summed E-state index contributed by atoms with van der Waals surface area (Å²) in [6, 6.07) is 13.4. The highest BCUT2D eigenvalue weighted by molar-refractivity contribution is 7.98. The van der Waals surface area contributed by atoms with Crippen molar-refractivity contribution in [2.45, 2.75) is 24.7 Å². The lowest BCUT2D eigenvalue weighted by Crippen LogP contribution is -2.15. The van der Waals surface area contributed by atoms with Crippen molar-refractivity contribution < 1.29 is 18.3 Å². The summed E-state index contributed by atoms with van der Waals surface area (Å²) in [5.41, 5.74) is 1.76. The van der Waals surface area contributed by atoms with Crippen molar-refractivity contribution in [3.63, 3.8) is 0 Å². The molecular formula is C21H18F2N4O2S. The average Bonchev–Trinajstić information content (AvgIpc) is 3.38. The van der Waals surface area contributed by atoms with Crippen molar-refractivity contribution >= 4 is 28.8 Å². The van der Waals surface area contributed by atoms with E-state index in [1.807, 2.05) is 16.9 Å². The third-order valence-corrected chi connectivity index (χ3v) is 5.28. The number of fused-ring (bicyclic) bond motifs is 1. The molecule has 9 heteroatoms. The molecule has 0 spiro atoms. The minimum absolute atomic E-state index is 0.00464. The van der Waals surface area contributed by atoms with E-state index in [1.165, 1.54) is 18.7 Å². The Morgan fingerprint density at radius 1 is 1.17 bits per heavy atom. The van der Waals surface area contributed by atoms with Gasteiger partial charge >= 0.3 is 12.5 Å². The Labute approximate surface area is 175 Å². The molecule has 0 N–H and O–H groups in total. The van der Waals surface area contributed by atoms with Gasteiger partial charge in [-0.3, -0.25) is 9.13 Å². The van der Waals surface area contributed by atoms with Crippen molar-refractivity contribution in [2.24, 2.45) is 0 Å². The van der Waals surface area contributed by atoms with E-state index in [1.54, 1.807) is 54.9 Å². The van der Waals surface area contributed by atoms with Crippen LogP contribution in [-0.4, -0.2) is 31.3 Å². The van der Waals surface area contributed by atoms with E-state index in [9.17, 15) is 13.6 Å². The lowest BCUT2D eigenvalue weighted by Gasteiger charge is -2.15. The third-order valence-electron chi connectivity index (χ3n) is 4.62. The van der Waals surface area contributed by atoms with Gasteiger partial charge in [0.1, 0.15) is 0 Å². The van der Waals surface area contributed by atoms with Crippen LogP contribution in [0.3, 0.4) is 0 Å². The standard InChI is InChI=1S/C21H18F2N4O2S/c1-13(18-25-16-8-3-4-9-17(16)27(18)20(22)23)29-19(28)14-6-5-7-15(12-14)26-11-10-24-21(26)30-2/h3-13,20H,1-2H3. The summed E-state index contributed by atoms with van der Waals surface area (Å²) in [4.78, 5) is 21.2. The number of benzene rings is 2. The maximum absolute atomic E-state index is 13.7.